The van der Waals surface area contributed by atoms with E-state index in [-0.39, 0.29) is 38.6 Å². The summed E-state index contributed by atoms with van der Waals surface area (Å²) in [5, 5.41) is 2.17. The van der Waals surface area contributed by atoms with Crippen LogP contribution in [0.3, 0.4) is 0 Å². The number of nitrogens with one attached hydrogen (secondary N) is 1. The molecular weight excluding hydrogens is 291 g/mol. The molecule has 1 radical (unpaired) electrons. The first-order valence-electron chi connectivity index (χ1n) is 4.94. The Kier molecular flexibility index (Phi) is 22.4. The van der Waals surface area contributed by atoms with Crippen LogP contribution in [0.2, 0.25) is 0 Å². The molecule has 1 amide bonds. The molecule has 0 aliphatic rings. The molecular formula is C12H19N3OY-2. The predicted molar refractivity (Wildman–Crippen MR) is 70.3 cm³/mol. The molecule has 1 N–H and O–H groups in total. The van der Waals surface area contributed by atoms with Gasteiger partial charge in [-0.05, 0) is 5.71 Å². The Morgan fingerprint density at radius 3 is 2.47 bits per heavy atom. The van der Waals surface area contributed by atoms with Crippen LogP contribution in [-0.2, 0) is 37.5 Å². The van der Waals surface area contributed by atoms with E-state index in [9.17, 15) is 4.79 Å². The van der Waals surface area contributed by atoms with Crippen molar-refractivity contribution in [3.05, 3.63) is 38.4 Å². The van der Waals surface area contributed by atoms with Crippen LogP contribution < -0.4 is 5.32 Å². The number of aliphatic imine (C=N–C) groups is 2. The Labute approximate surface area is 129 Å². The molecule has 0 rings (SSSR count). The monoisotopic (exact) mass is 310 g/mol. The third-order valence-electron chi connectivity index (χ3n) is 1.23. The second-order valence-electron chi connectivity index (χ2n) is 2.19. The molecule has 0 unspecified atom stereocenters. The van der Waals surface area contributed by atoms with Crippen molar-refractivity contribution in [1.82, 2.24) is 5.32 Å². The molecule has 0 aromatic heterocycles. The van der Waals surface area contributed by atoms with E-state index < -0.39 is 0 Å². The molecule has 5 heteroatoms. The van der Waals surface area contributed by atoms with Crippen molar-refractivity contribution in [3.63, 3.8) is 0 Å². The molecule has 0 heterocycles. The summed E-state index contributed by atoms with van der Waals surface area (Å²) in [6.07, 6.45) is 6.56. The largest absolute Gasteiger partial charge is 0.519 e. The van der Waals surface area contributed by atoms with Gasteiger partial charge in [-0.25, -0.2) is 0 Å². The van der Waals surface area contributed by atoms with Gasteiger partial charge in [0.15, 0.2) is 0 Å². The standard InChI is InChI=1S/C10H13N3O.C2H6.Y/c1-4-5-6-9(11-2)7-13-8-10(14)12-3;1-2;/h4-8H,1,3H2,2H3,(H,12,14);1-2H3;/q-2;;/b6-5-,11-9?,13-7?;;. The molecule has 0 aromatic carbocycles. The van der Waals surface area contributed by atoms with Crippen LogP contribution in [0.5, 0.6) is 0 Å². The number of nitrogens with zero attached hydrogens (tertiary/aromatic N) is 2. The van der Waals surface area contributed by atoms with Gasteiger partial charge in [0.25, 0.3) is 0 Å². The van der Waals surface area contributed by atoms with Gasteiger partial charge in [-0.15, -0.1) is 6.21 Å². The molecule has 0 aliphatic carbocycles. The van der Waals surface area contributed by atoms with E-state index in [0.29, 0.717) is 5.71 Å². The quantitative estimate of drug-likeness (QED) is 0.471. The maximum Gasteiger partial charge on any atom is 0.150 e. The van der Waals surface area contributed by atoms with Crippen LogP contribution in [0.25, 0.3) is 0 Å². The summed E-state index contributed by atoms with van der Waals surface area (Å²) in [4.78, 5) is 18.3. The molecule has 17 heavy (non-hydrogen) atoms. The summed E-state index contributed by atoms with van der Waals surface area (Å²) in [5.41, 5.74) is 0.651. The topological polar surface area (TPSA) is 53.8 Å². The van der Waals surface area contributed by atoms with Crippen molar-refractivity contribution in [1.29, 1.82) is 0 Å². The Morgan fingerprint density at radius 2 is 2.06 bits per heavy atom. The molecule has 93 valence electrons. The van der Waals surface area contributed by atoms with E-state index >= 15 is 0 Å². The second kappa shape index (κ2) is 17.7. The zero-order chi connectivity index (χ0) is 12.8. The van der Waals surface area contributed by atoms with Crippen molar-refractivity contribution in [3.8, 4) is 0 Å². The average molecular weight is 310 g/mol. The van der Waals surface area contributed by atoms with Crippen molar-refractivity contribution >= 4 is 17.8 Å². The predicted octanol–water partition coefficient (Wildman–Crippen LogP) is 1.96. The van der Waals surface area contributed by atoms with Gasteiger partial charge in [0.1, 0.15) is 5.91 Å². The Morgan fingerprint density at radius 1 is 1.47 bits per heavy atom. The Balaban J connectivity index is -0.000000616. The van der Waals surface area contributed by atoms with Gasteiger partial charge < -0.3 is 15.3 Å². The van der Waals surface area contributed by atoms with E-state index in [1.165, 1.54) is 6.21 Å². The van der Waals surface area contributed by atoms with Crippen LogP contribution in [0.4, 0.5) is 0 Å². The molecule has 0 saturated heterocycles. The van der Waals surface area contributed by atoms with E-state index in [1.54, 1.807) is 25.3 Å². The summed E-state index contributed by atoms with van der Waals surface area (Å²) in [7, 11) is 4.83. The molecule has 0 fully saturated rings. The molecule has 0 spiro atoms. The maximum atomic E-state index is 10.7. The number of amides is 1. The van der Waals surface area contributed by atoms with Crippen LogP contribution in [-0.4, -0.2) is 24.9 Å². The van der Waals surface area contributed by atoms with Crippen LogP contribution in [0, 0.1) is 13.6 Å². The molecule has 0 saturated carbocycles. The molecule has 0 atom stereocenters. The first-order valence-corrected chi connectivity index (χ1v) is 4.94. The number of carbonyl (C=O) groups excluding carboxylic acids is 1. The minimum atomic E-state index is -0.357. The summed E-state index contributed by atoms with van der Waals surface area (Å²) in [5.74, 6) is -0.357. The second-order valence-corrected chi connectivity index (χ2v) is 2.19. The van der Waals surface area contributed by atoms with Gasteiger partial charge >= 0.3 is 0 Å². The van der Waals surface area contributed by atoms with Crippen molar-refractivity contribution in [2.75, 3.05) is 7.05 Å². The van der Waals surface area contributed by atoms with Gasteiger partial charge in [0, 0.05) is 39.8 Å². The fraction of sp³-hybridized carbons (Fsp3) is 0.250. The number of rotatable bonds is 5. The van der Waals surface area contributed by atoms with Gasteiger partial charge in [0.2, 0.25) is 0 Å². The normalized spacial score (nSPS) is 10.2. The smallest absolute Gasteiger partial charge is 0.150 e. The van der Waals surface area contributed by atoms with Crippen molar-refractivity contribution in [2.24, 2.45) is 9.98 Å². The number of allylic oxidation sites excluding steroid dienone is 3. The van der Waals surface area contributed by atoms with Crippen molar-refractivity contribution in [2.45, 2.75) is 13.8 Å². The summed E-state index contributed by atoms with van der Waals surface area (Å²) < 4.78 is 0. The third-order valence-corrected chi connectivity index (χ3v) is 1.23. The molecule has 0 bridgehead atoms. The van der Waals surface area contributed by atoms with Gasteiger partial charge in [0.05, 0.1) is 0 Å². The average Bonchev–Trinajstić information content (AvgIpc) is 2.35. The SMILES string of the molecule is C=C/C=C\C(C=N[CH-]C(=O)N[CH2-])=NC.CC.[Y]. The van der Waals surface area contributed by atoms with Crippen LogP contribution in [0.15, 0.2) is 34.8 Å². The number of hydrogen-bond acceptors (Lipinski definition) is 3. The Hall–Kier alpha value is -0.736. The van der Waals surface area contributed by atoms with Gasteiger partial charge in [-0.1, -0.05) is 45.2 Å². The van der Waals surface area contributed by atoms with E-state index in [0.717, 1.165) is 6.54 Å². The van der Waals surface area contributed by atoms with Crippen LogP contribution in [0.1, 0.15) is 13.8 Å². The Bertz CT molecular complexity index is 283. The number of hydrogen-bond donors (Lipinski definition) is 1. The molecule has 4 nitrogen and oxygen atoms in total. The van der Waals surface area contributed by atoms with E-state index in [1.807, 2.05) is 13.8 Å². The minimum Gasteiger partial charge on any atom is -0.519 e. The minimum absolute atomic E-state index is 0. The fourth-order valence-electron chi connectivity index (χ4n) is 0.569. The summed E-state index contributed by atoms with van der Waals surface area (Å²) in [6, 6.07) is 0. The zero-order valence-electron chi connectivity index (χ0n) is 10.7. The van der Waals surface area contributed by atoms with Crippen LogP contribution >= 0.6 is 0 Å². The maximum absolute atomic E-state index is 10.7. The van der Waals surface area contributed by atoms with Gasteiger partial charge in [-0.3, -0.25) is 11.8 Å². The fourth-order valence-corrected chi connectivity index (χ4v) is 0.569. The summed E-state index contributed by atoms with van der Waals surface area (Å²) >= 11 is 0. The molecule has 0 aromatic rings. The zero-order valence-corrected chi connectivity index (χ0v) is 13.5. The first kappa shape index (κ1) is 21.5. The van der Waals surface area contributed by atoms with E-state index in [2.05, 4.69) is 28.9 Å². The molecule has 0 aliphatic heterocycles. The van der Waals surface area contributed by atoms with E-state index in [4.69, 9.17) is 0 Å². The van der Waals surface area contributed by atoms with Crippen molar-refractivity contribution < 1.29 is 37.5 Å². The number of carbonyl (C=O) groups is 1. The first-order chi connectivity index (χ1) is 7.74. The third kappa shape index (κ3) is 15.3. The van der Waals surface area contributed by atoms with Gasteiger partial charge in [-0.2, -0.15) is 0 Å². The summed E-state index contributed by atoms with van der Waals surface area (Å²) in [6.45, 7) is 8.65.